The van der Waals surface area contributed by atoms with E-state index < -0.39 is 46.6 Å². The smallest absolute Gasteiger partial charge is 0.416 e. The summed E-state index contributed by atoms with van der Waals surface area (Å²) >= 11 is 5.98. The van der Waals surface area contributed by atoms with Crippen molar-refractivity contribution in [3.05, 3.63) is 112 Å². The van der Waals surface area contributed by atoms with Crippen molar-refractivity contribution in [1.29, 1.82) is 0 Å². The number of aliphatic hydroxyl groups excluding tert-OH is 1. The minimum absolute atomic E-state index is 0.0769. The first-order chi connectivity index (χ1) is 17.1. The number of amides is 1. The van der Waals surface area contributed by atoms with Gasteiger partial charge in [-0.3, -0.25) is 14.5 Å². The predicted molar refractivity (Wildman–Crippen MR) is 123 cm³/mol. The zero-order chi connectivity index (χ0) is 25.8. The summed E-state index contributed by atoms with van der Waals surface area (Å²) in [5, 5.41) is 11.6. The number of anilines is 1. The van der Waals surface area contributed by atoms with Crippen LogP contribution in [0.3, 0.4) is 0 Å². The third kappa shape index (κ3) is 3.91. The molecule has 0 saturated heterocycles. The van der Waals surface area contributed by atoms with Gasteiger partial charge in [-0.1, -0.05) is 29.8 Å². The summed E-state index contributed by atoms with van der Waals surface area (Å²) in [6.45, 7) is 0. The highest BCUT2D eigenvalue weighted by atomic mass is 35.5. The molecule has 1 atom stereocenters. The Morgan fingerprint density at radius 2 is 1.69 bits per heavy atom. The second kappa shape index (κ2) is 8.53. The topological polar surface area (TPSA) is 70.8 Å². The largest absolute Gasteiger partial charge is 0.503 e. The summed E-state index contributed by atoms with van der Waals surface area (Å²) in [4.78, 5) is 27.5. The lowest BCUT2D eigenvalue weighted by Gasteiger charge is -2.27. The Hall–Kier alpha value is -4.11. The van der Waals surface area contributed by atoms with Gasteiger partial charge in [0.15, 0.2) is 11.5 Å². The molecule has 1 aromatic heterocycles. The Morgan fingerprint density at radius 1 is 1.00 bits per heavy atom. The highest BCUT2D eigenvalue weighted by Crippen LogP contribution is 2.43. The quantitative estimate of drug-likeness (QED) is 0.234. The Balaban J connectivity index is 1.64. The number of rotatable bonds is 4. The van der Waals surface area contributed by atoms with Gasteiger partial charge in [-0.25, -0.2) is 4.39 Å². The highest BCUT2D eigenvalue weighted by Gasteiger charge is 2.46. The number of halogens is 5. The Labute approximate surface area is 205 Å². The molecule has 1 unspecified atom stereocenters. The van der Waals surface area contributed by atoms with Crippen LogP contribution in [0.5, 0.6) is 0 Å². The van der Waals surface area contributed by atoms with Gasteiger partial charge in [0.25, 0.3) is 5.91 Å². The number of hydrogen-bond donors (Lipinski definition) is 1. The molecule has 0 aliphatic carbocycles. The second-order valence-corrected chi connectivity index (χ2v) is 8.46. The first-order valence-corrected chi connectivity index (χ1v) is 10.9. The minimum Gasteiger partial charge on any atom is -0.503 e. The number of nitrogens with zero attached hydrogens (tertiary/aromatic N) is 1. The van der Waals surface area contributed by atoms with Crippen LogP contribution in [0.1, 0.15) is 27.7 Å². The van der Waals surface area contributed by atoms with E-state index in [2.05, 4.69) is 0 Å². The van der Waals surface area contributed by atoms with Gasteiger partial charge in [0, 0.05) is 21.7 Å². The molecule has 0 saturated carbocycles. The maximum atomic E-state index is 14.9. The van der Waals surface area contributed by atoms with Crippen molar-refractivity contribution in [2.75, 3.05) is 4.90 Å². The van der Waals surface area contributed by atoms with E-state index in [4.69, 9.17) is 16.0 Å². The summed E-state index contributed by atoms with van der Waals surface area (Å²) in [6, 6.07) is 13.3. The van der Waals surface area contributed by atoms with Crippen molar-refractivity contribution >= 4 is 39.9 Å². The lowest BCUT2D eigenvalue weighted by atomic mass is 9.94. The average Bonchev–Trinajstić information content (AvgIpc) is 3.37. The molecule has 182 valence electrons. The molecule has 36 heavy (non-hydrogen) atoms. The van der Waals surface area contributed by atoms with E-state index in [9.17, 15) is 32.3 Å². The number of ketones is 1. The molecule has 5 nitrogen and oxygen atoms in total. The summed E-state index contributed by atoms with van der Waals surface area (Å²) in [7, 11) is 0. The molecule has 0 radical (unpaired) electrons. The lowest BCUT2D eigenvalue weighted by Crippen LogP contribution is -2.31. The molecule has 3 aromatic carbocycles. The van der Waals surface area contributed by atoms with Crippen LogP contribution in [-0.2, 0) is 11.0 Å². The predicted octanol–water partition coefficient (Wildman–Crippen LogP) is 7.03. The number of benzene rings is 3. The maximum absolute atomic E-state index is 14.9. The number of hydrogen-bond acceptors (Lipinski definition) is 4. The normalized spacial score (nSPS) is 16.3. The van der Waals surface area contributed by atoms with Crippen LogP contribution in [0.15, 0.2) is 88.5 Å². The van der Waals surface area contributed by atoms with Crippen LogP contribution < -0.4 is 4.90 Å². The Bertz CT molecular complexity index is 1560. The monoisotopic (exact) mass is 515 g/mol. The molecule has 4 aromatic rings. The molecular formula is C26H14ClF4NO4. The maximum Gasteiger partial charge on any atom is 0.416 e. The van der Waals surface area contributed by atoms with Crippen LogP contribution in [0.25, 0.3) is 11.0 Å². The summed E-state index contributed by atoms with van der Waals surface area (Å²) in [5.74, 6) is -3.96. The number of carbonyl (C=O) groups excluding carboxylic acids is 2. The molecule has 1 N–H and O–H groups in total. The van der Waals surface area contributed by atoms with Gasteiger partial charge < -0.3 is 9.52 Å². The Kier molecular flexibility index (Phi) is 5.60. The molecule has 2 heterocycles. The molecule has 1 aliphatic rings. The number of fused-ring (bicyclic) bond motifs is 1. The van der Waals surface area contributed by atoms with Crippen molar-refractivity contribution in [2.24, 2.45) is 0 Å². The second-order valence-electron chi connectivity index (χ2n) is 8.03. The van der Waals surface area contributed by atoms with E-state index in [1.807, 2.05) is 0 Å². The van der Waals surface area contributed by atoms with E-state index in [0.29, 0.717) is 16.0 Å². The SMILES string of the molecule is O=C(C1=C(O)C(=O)N(c2ccc(C(F)(F)F)cc2)C1c1ccccc1F)c1cc2cc(Cl)ccc2o1. The fourth-order valence-electron chi connectivity index (χ4n) is 4.16. The lowest BCUT2D eigenvalue weighted by molar-refractivity contribution is -0.137. The first kappa shape index (κ1) is 23.6. The van der Waals surface area contributed by atoms with E-state index in [1.165, 1.54) is 30.3 Å². The van der Waals surface area contributed by atoms with Crippen molar-refractivity contribution in [3.8, 4) is 0 Å². The standard InChI is InChI=1S/C26H14ClF4NO4/c27-15-7-10-19-13(11-15)12-20(36-19)23(33)21-22(17-3-1-2-4-18(17)28)32(25(35)24(21)34)16-8-5-14(6-9-16)26(29,30)31/h1-12,22,34H. The van der Waals surface area contributed by atoms with Gasteiger partial charge in [-0.05, 0) is 54.6 Å². The summed E-state index contributed by atoms with van der Waals surface area (Å²) in [5.41, 5.74) is -1.34. The molecule has 1 amide bonds. The summed E-state index contributed by atoms with van der Waals surface area (Å²) < 4.78 is 59.7. The number of alkyl halides is 3. The third-order valence-electron chi connectivity index (χ3n) is 5.83. The van der Waals surface area contributed by atoms with Crippen molar-refractivity contribution in [3.63, 3.8) is 0 Å². The van der Waals surface area contributed by atoms with Crippen molar-refractivity contribution < 1.29 is 36.7 Å². The molecule has 0 bridgehead atoms. The van der Waals surface area contributed by atoms with Crippen LogP contribution >= 0.6 is 11.6 Å². The van der Waals surface area contributed by atoms with Crippen LogP contribution in [0, 0.1) is 5.82 Å². The van der Waals surface area contributed by atoms with Gasteiger partial charge in [0.1, 0.15) is 11.4 Å². The van der Waals surface area contributed by atoms with E-state index >= 15 is 0 Å². The Morgan fingerprint density at radius 3 is 2.36 bits per heavy atom. The third-order valence-corrected chi connectivity index (χ3v) is 6.06. The molecule has 0 fully saturated rings. The van der Waals surface area contributed by atoms with Gasteiger partial charge in [-0.15, -0.1) is 0 Å². The van der Waals surface area contributed by atoms with E-state index in [0.717, 1.165) is 35.2 Å². The number of furan rings is 1. The van der Waals surface area contributed by atoms with Crippen LogP contribution in [-0.4, -0.2) is 16.8 Å². The molecule has 0 spiro atoms. The van der Waals surface area contributed by atoms with Crippen LogP contribution in [0.4, 0.5) is 23.2 Å². The zero-order valence-electron chi connectivity index (χ0n) is 18.0. The van der Waals surface area contributed by atoms with E-state index in [-0.39, 0.29) is 17.0 Å². The molecular weight excluding hydrogens is 502 g/mol. The van der Waals surface area contributed by atoms with Gasteiger partial charge >= 0.3 is 6.18 Å². The number of aliphatic hydroxyl groups is 1. The number of Topliss-reactive ketones (excluding diaryl/α,β-unsaturated/α-hetero) is 1. The highest BCUT2D eigenvalue weighted by molar-refractivity contribution is 6.31. The molecule has 10 heteroatoms. The zero-order valence-corrected chi connectivity index (χ0v) is 18.8. The average molecular weight is 516 g/mol. The van der Waals surface area contributed by atoms with Crippen LogP contribution in [0.2, 0.25) is 5.02 Å². The first-order valence-electron chi connectivity index (χ1n) is 10.5. The van der Waals surface area contributed by atoms with Crippen molar-refractivity contribution in [1.82, 2.24) is 0 Å². The summed E-state index contributed by atoms with van der Waals surface area (Å²) in [6.07, 6.45) is -4.62. The van der Waals surface area contributed by atoms with Gasteiger partial charge in [0.05, 0.1) is 17.2 Å². The van der Waals surface area contributed by atoms with Crippen molar-refractivity contribution in [2.45, 2.75) is 12.2 Å². The fraction of sp³-hybridized carbons (Fsp3) is 0.0769. The molecule has 5 rings (SSSR count). The van der Waals surface area contributed by atoms with Gasteiger partial charge in [0.2, 0.25) is 5.78 Å². The van der Waals surface area contributed by atoms with Gasteiger partial charge in [-0.2, -0.15) is 13.2 Å². The molecule has 1 aliphatic heterocycles. The number of carbonyl (C=O) groups is 2. The fourth-order valence-corrected chi connectivity index (χ4v) is 4.35. The van der Waals surface area contributed by atoms with E-state index in [1.54, 1.807) is 12.1 Å². The minimum atomic E-state index is -4.62.